The Balaban J connectivity index is 2.78. The summed E-state index contributed by atoms with van der Waals surface area (Å²) < 4.78 is 5.57. The fourth-order valence-electron chi connectivity index (χ4n) is 1.09. The minimum absolute atomic E-state index is 0.810. The molecule has 0 aromatic heterocycles. The molecule has 0 radical (unpaired) electrons. The maximum atomic E-state index is 5.57. The molecule has 12 heavy (non-hydrogen) atoms. The minimum Gasteiger partial charge on any atom is -0.493 e. The summed E-state index contributed by atoms with van der Waals surface area (Å²) in [6.07, 6.45) is 1.06. The number of rotatable bonds is 3. The van der Waals surface area contributed by atoms with E-state index in [4.69, 9.17) is 4.74 Å². The van der Waals surface area contributed by atoms with Gasteiger partial charge in [-0.05, 0) is 37.5 Å². The standard InChI is InChI=1S/C11H16O/c1-4-8-12-11-7-5-6-9(2)10(11)3/h5-7H,4,8H2,1-3H3. The van der Waals surface area contributed by atoms with E-state index in [1.807, 2.05) is 12.1 Å². The second-order valence-electron chi connectivity index (χ2n) is 3.05. The Hall–Kier alpha value is -0.980. The fraction of sp³-hybridized carbons (Fsp3) is 0.455. The van der Waals surface area contributed by atoms with E-state index in [-0.39, 0.29) is 0 Å². The molecule has 0 heterocycles. The van der Waals surface area contributed by atoms with E-state index in [1.54, 1.807) is 0 Å². The number of hydrogen-bond acceptors (Lipinski definition) is 1. The Morgan fingerprint density at radius 2 is 2.00 bits per heavy atom. The molecule has 0 amide bonds. The van der Waals surface area contributed by atoms with Gasteiger partial charge in [0.05, 0.1) is 6.61 Å². The Morgan fingerprint density at radius 1 is 1.25 bits per heavy atom. The van der Waals surface area contributed by atoms with Gasteiger partial charge in [0.2, 0.25) is 0 Å². The molecule has 0 aliphatic heterocycles. The van der Waals surface area contributed by atoms with Crippen molar-refractivity contribution in [3.8, 4) is 5.75 Å². The summed E-state index contributed by atoms with van der Waals surface area (Å²) in [5.41, 5.74) is 2.55. The number of benzene rings is 1. The molecule has 0 spiro atoms. The smallest absolute Gasteiger partial charge is 0.122 e. The monoisotopic (exact) mass is 164 g/mol. The first-order valence-corrected chi connectivity index (χ1v) is 4.44. The first-order valence-electron chi connectivity index (χ1n) is 4.44. The van der Waals surface area contributed by atoms with Gasteiger partial charge in [0.15, 0.2) is 0 Å². The molecule has 0 aliphatic rings. The number of hydrogen-bond donors (Lipinski definition) is 0. The van der Waals surface area contributed by atoms with Gasteiger partial charge >= 0.3 is 0 Å². The highest BCUT2D eigenvalue weighted by Crippen LogP contribution is 2.20. The van der Waals surface area contributed by atoms with Crippen LogP contribution in [0.1, 0.15) is 24.5 Å². The summed E-state index contributed by atoms with van der Waals surface area (Å²) >= 11 is 0. The van der Waals surface area contributed by atoms with Crippen molar-refractivity contribution in [1.82, 2.24) is 0 Å². The van der Waals surface area contributed by atoms with Gasteiger partial charge in [-0.1, -0.05) is 19.1 Å². The second kappa shape index (κ2) is 4.15. The Morgan fingerprint density at radius 3 is 2.67 bits per heavy atom. The maximum absolute atomic E-state index is 5.57. The summed E-state index contributed by atoms with van der Waals surface area (Å²) in [6, 6.07) is 6.17. The lowest BCUT2D eigenvalue weighted by molar-refractivity contribution is 0.315. The fourth-order valence-corrected chi connectivity index (χ4v) is 1.09. The molecule has 1 nitrogen and oxygen atoms in total. The van der Waals surface area contributed by atoms with Crippen molar-refractivity contribution >= 4 is 0 Å². The zero-order valence-corrected chi connectivity index (χ0v) is 8.05. The molecule has 0 unspecified atom stereocenters. The molecule has 0 aliphatic carbocycles. The Kier molecular flexibility index (Phi) is 3.15. The third-order valence-electron chi connectivity index (χ3n) is 2.02. The van der Waals surface area contributed by atoms with Gasteiger partial charge in [0, 0.05) is 0 Å². The molecule has 0 saturated carbocycles. The average molecular weight is 164 g/mol. The quantitative estimate of drug-likeness (QED) is 0.667. The van der Waals surface area contributed by atoms with Gasteiger partial charge < -0.3 is 4.74 Å². The van der Waals surface area contributed by atoms with Crippen LogP contribution in [0.4, 0.5) is 0 Å². The van der Waals surface area contributed by atoms with E-state index in [0.29, 0.717) is 0 Å². The van der Waals surface area contributed by atoms with Gasteiger partial charge in [0.25, 0.3) is 0 Å². The van der Waals surface area contributed by atoms with Crippen LogP contribution in [0.2, 0.25) is 0 Å². The van der Waals surface area contributed by atoms with E-state index >= 15 is 0 Å². The normalized spacial score (nSPS) is 9.92. The molecule has 0 N–H and O–H groups in total. The van der Waals surface area contributed by atoms with Gasteiger partial charge in [-0.25, -0.2) is 0 Å². The molecule has 1 aromatic carbocycles. The van der Waals surface area contributed by atoms with Crippen molar-refractivity contribution in [3.05, 3.63) is 29.3 Å². The van der Waals surface area contributed by atoms with E-state index in [1.165, 1.54) is 11.1 Å². The SMILES string of the molecule is CCCOc1cccc(C)c1C. The lowest BCUT2D eigenvalue weighted by atomic mass is 10.1. The predicted octanol–water partition coefficient (Wildman–Crippen LogP) is 3.09. The Bertz CT molecular complexity index is 253. The zero-order valence-electron chi connectivity index (χ0n) is 8.05. The molecular weight excluding hydrogens is 148 g/mol. The van der Waals surface area contributed by atoms with Crippen LogP contribution in [0.25, 0.3) is 0 Å². The third kappa shape index (κ3) is 2.00. The number of aryl methyl sites for hydroxylation is 1. The van der Waals surface area contributed by atoms with Gasteiger partial charge in [-0.15, -0.1) is 0 Å². The molecule has 1 heteroatoms. The van der Waals surface area contributed by atoms with Crippen molar-refractivity contribution in [3.63, 3.8) is 0 Å². The maximum Gasteiger partial charge on any atom is 0.122 e. The van der Waals surface area contributed by atoms with Crippen LogP contribution >= 0.6 is 0 Å². The lowest BCUT2D eigenvalue weighted by Crippen LogP contribution is -1.97. The van der Waals surface area contributed by atoms with Crippen molar-refractivity contribution in [2.45, 2.75) is 27.2 Å². The molecule has 0 saturated heterocycles. The lowest BCUT2D eigenvalue weighted by Gasteiger charge is -2.09. The first-order chi connectivity index (χ1) is 5.75. The predicted molar refractivity (Wildman–Crippen MR) is 51.7 cm³/mol. The molecule has 1 rings (SSSR count). The molecule has 66 valence electrons. The van der Waals surface area contributed by atoms with Crippen molar-refractivity contribution < 1.29 is 4.74 Å². The first kappa shape index (κ1) is 9.11. The van der Waals surface area contributed by atoms with Crippen LogP contribution < -0.4 is 4.74 Å². The van der Waals surface area contributed by atoms with Crippen LogP contribution in [0.15, 0.2) is 18.2 Å². The van der Waals surface area contributed by atoms with Gasteiger partial charge in [-0.2, -0.15) is 0 Å². The summed E-state index contributed by atoms with van der Waals surface area (Å²) in [4.78, 5) is 0. The van der Waals surface area contributed by atoms with Crippen LogP contribution in [-0.2, 0) is 0 Å². The van der Waals surface area contributed by atoms with Crippen molar-refractivity contribution in [2.24, 2.45) is 0 Å². The Labute approximate surface area is 74.4 Å². The highest BCUT2D eigenvalue weighted by molar-refractivity contribution is 5.38. The molecular formula is C11H16O. The van der Waals surface area contributed by atoms with Crippen molar-refractivity contribution in [2.75, 3.05) is 6.61 Å². The minimum atomic E-state index is 0.810. The van der Waals surface area contributed by atoms with Gasteiger partial charge in [0.1, 0.15) is 5.75 Å². The van der Waals surface area contributed by atoms with E-state index in [0.717, 1.165) is 18.8 Å². The number of ether oxygens (including phenoxy) is 1. The average Bonchev–Trinajstić information content (AvgIpc) is 2.08. The highest BCUT2D eigenvalue weighted by atomic mass is 16.5. The topological polar surface area (TPSA) is 9.23 Å². The van der Waals surface area contributed by atoms with Crippen LogP contribution in [-0.4, -0.2) is 6.61 Å². The van der Waals surface area contributed by atoms with Gasteiger partial charge in [-0.3, -0.25) is 0 Å². The molecule has 0 fully saturated rings. The molecule has 0 atom stereocenters. The zero-order chi connectivity index (χ0) is 8.97. The van der Waals surface area contributed by atoms with Crippen LogP contribution in [0, 0.1) is 13.8 Å². The summed E-state index contributed by atoms with van der Waals surface area (Å²) in [7, 11) is 0. The van der Waals surface area contributed by atoms with E-state index in [9.17, 15) is 0 Å². The highest BCUT2D eigenvalue weighted by Gasteiger charge is 1.99. The molecule has 0 bridgehead atoms. The van der Waals surface area contributed by atoms with E-state index < -0.39 is 0 Å². The third-order valence-corrected chi connectivity index (χ3v) is 2.02. The van der Waals surface area contributed by atoms with E-state index in [2.05, 4.69) is 26.8 Å². The molecule has 1 aromatic rings. The summed E-state index contributed by atoms with van der Waals surface area (Å²) in [5, 5.41) is 0. The van der Waals surface area contributed by atoms with Crippen molar-refractivity contribution in [1.29, 1.82) is 0 Å². The summed E-state index contributed by atoms with van der Waals surface area (Å²) in [5.74, 6) is 1.02. The van der Waals surface area contributed by atoms with Crippen LogP contribution in [0.3, 0.4) is 0 Å². The largest absolute Gasteiger partial charge is 0.493 e. The summed E-state index contributed by atoms with van der Waals surface area (Å²) in [6.45, 7) is 7.13. The van der Waals surface area contributed by atoms with Crippen LogP contribution in [0.5, 0.6) is 5.75 Å². The second-order valence-corrected chi connectivity index (χ2v) is 3.05.